The van der Waals surface area contributed by atoms with Crippen LogP contribution < -0.4 is 20.8 Å². The fourth-order valence-corrected chi connectivity index (χ4v) is 3.01. The minimum atomic E-state index is -0.877. The van der Waals surface area contributed by atoms with Gasteiger partial charge in [0.1, 0.15) is 5.75 Å². The third-order valence-corrected chi connectivity index (χ3v) is 4.70. The maximum Gasteiger partial charge on any atom is 0.329 e. The summed E-state index contributed by atoms with van der Waals surface area (Å²) < 4.78 is 11.0. The predicted octanol–water partition coefficient (Wildman–Crippen LogP) is 1.13. The van der Waals surface area contributed by atoms with E-state index in [-0.39, 0.29) is 18.6 Å². The van der Waals surface area contributed by atoms with Gasteiger partial charge < -0.3 is 20.1 Å². The highest BCUT2D eigenvalue weighted by molar-refractivity contribution is 6.35. The molecule has 3 rings (SSSR count). The van der Waals surface area contributed by atoms with E-state index in [0.29, 0.717) is 31.0 Å². The van der Waals surface area contributed by atoms with Gasteiger partial charge in [-0.15, -0.1) is 0 Å². The number of ether oxygens (including phenoxy) is 2. The third kappa shape index (κ3) is 7.51. The highest BCUT2D eigenvalue weighted by atomic mass is 16.5. The summed E-state index contributed by atoms with van der Waals surface area (Å²) in [6.45, 7) is 1.20. The molecule has 1 aliphatic rings. The Bertz CT molecular complexity index is 942. The van der Waals surface area contributed by atoms with Crippen LogP contribution in [0.1, 0.15) is 24.0 Å². The summed E-state index contributed by atoms with van der Waals surface area (Å²) in [7, 11) is 0. The van der Waals surface area contributed by atoms with Gasteiger partial charge in [0.2, 0.25) is 0 Å². The number of amides is 3. The number of carbonyl (C=O) groups is 3. The SMILES string of the molecule is O=C(COc1ccccc1/C=N\NC(=O)C(=O)NC[C@H]1CCCO1)NCc1ccccc1. The number of hydrazone groups is 1. The molecule has 3 amide bonds. The number of nitrogens with one attached hydrogen (secondary N) is 3. The van der Waals surface area contributed by atoms with E-state index < -0.39 is 11.8 Å². The molecule has 1 aliphatic heterocycles. The number of hydrogen-bond donors (Lipinski definition) is 3. The maximum absolute atomic E-state index is 12.1. The van der Waals surface area contributed by atoms with E-state index in [1.54, 1.807) is 24.3 Å². The number of hydrogen-bond acceptors (Lipinski definition) is 6. The topological polar surface area (TPSA) is 118 Å². The van der Waals surface area contributed by atoms with Crippen molar-refractivity contribution in [2.75, 3.05) is 19.8 Å². The van der Waals surface area contributed by atoms with E-state index in [1.165, 1.54) is 6.21 Å². The zero-order chi connectivity index (χ0) is 22.6. The normalized spacial score (nSPS) is 15.3. The van der Waals surface area contributed by atoms with Gasteiger partial charge in [0.15, 0.2) is 6.61 Å². The second-order valence-electron chi connectivity index (χ2n) is 7.13. The Kier molecular flexibility index (Phi) is 8.76. The molecule has 3 N–H and O–H groups in total. The molecule has 168 valence electrons. The molecule has 0 bridgehead atoms. The molecule has 32 heavy (non-hydrogen) atoms. The van der Waals surface area contributed by atoms with Gasteiger partial charge in [-0.1, -0.05) is 42.5 Å². The second-order valence-corrected chi connectivity index (χ2v) is 7.13. The van der Waals surface area contributed by atoms with Gasteiger partial charge in [0, 0.05) is 25.3 Å². The van der Waals surface area contributed by atoms with Crippen LogP contribution in [0.3, 0.4) is 0 Å². The van der Waals surface area contributed by atoms with E-state index in [9.17, 15) is 14.4 Å². The van der Waals surface area contributed by atoms with Crippen LogP contribution in [-0.2, 0) is 25.7 Å². The van der Waals surface area contributed by atoms with E-state index in [1.807, 2.05) is 30.3 Å². The van der Waals surface area contributed by atoms with Crippen LogP contribution in [0.2, 0.25) is 0 Å². The standard InChI is InChI=1S/C23H26N4O5/c28-21(24-13-17-7-2-1-3-8-17)16-32-20-11-5-4-9-18(20)14-26-27-23(30)22(29)25-15-19-10-6-12-31-19/h1-5,7-9,11,14,19H,6,10,12-13,15-16H2,(H,24,28)(H,25,29)(H,27,30)/b26-14-/t19-/m1/s1. The van der Waals surface area contributed by atoms with Crippen molar-refractivity contribution in [2.45, 2.75) is 25.5 Å². The first-order valence-electron chi connectivity index (χ1n) is 10.4. The van der Waals surface area contributed by atoms with Crippen molar-refractivity contribution in [1.29, 1.82) is 0 Å². The van der Waals surface area contributed by atoms with E-state index in [4.69, 9.17) is 9.47 Å². The van der Waals surface area contributed by atoms with E-state index in [0.717, 1.165) is 18.4 Å². The summed E-state index contributed by atoms with van der Waals surface area (Å²) in [5.41, 5.74) is 3.71. The summed E-state index contributed by atoms with van der Waals surface area (Å²) in [4.78, 5) is 35.7. The first kappa shape index (κ1) is 23.0. The lowest BCUT2D eigenvalue weighted by molar-refractivity contribution is -0.139. The zero-order valence-corrected chi connectivity index (χ0v) is 17.6. The van der Waals surface area contributed by atoms with Gasteiger partial charge in [-0.25, -0.2) is 5.43 Å². The van der Waals surface area contributed by atoms with Crippen molar-refractivity contribution in [3.05, 3.63) is 65.7 Å². The minimum Gasteiger partial charge on any atom is -0.483 e. The van der Waals surface area contributed by atoms with Crippen molar-refractivity contribution in [2.24, 2.45) is 5.10 Å². The van der Waals surface area contributed by atoms with Gasteiger partial charge in [-0.2, -0.15) is 5.10 Å². The number of benzene rings is 2. The Hall–Kier alpha value is -3.72. The van der Waals surface area contributed by atoms with Crippen LogP contribution in [0.25, 0.3) is 0 Å². The van der Waals surface area contributed by atoms with E-state index >= 15 is 0 Å². The summed E-state index contributed by atoms with van der Waals surface area (Å²) in [6.07, 6.45) is 3.11. The molecule has 2 aromatic rings. The molecule has 0 radical (unpaired) electrons. The third-order valence-electron chi connectivity index (χ3n) is 4.70. The van der Waals surface area contributed by atoms with Gasteiger partial charge in [-0.3, -0.25) is 14.4 Å². The quantitative estimate of drug-likeness (QED) is 0.308. The average molecular weight is 438 g/mol. The molecule has 1 saturated heterocycles. The molecular formula is C23H26N4O5. The number of para-hydroxylation sites is 1. The van der Waals surface area contributed by atoms with E-state index in [2.05, 4.69) is 21.2 Å². The molecule has 9 nitrogen and oxygen atoms in total. The predicted molar refractivity (Wildman–Crippen MR) is 118 cm³/mol. The van der Waals surface area contributed by atoms with Crippen LogP contribution in [0.15, 0.2) is 59.7 Å². The highest BCUT2D eigenvalue weighted by Crippen LogP contribution is 2.15. The van der Waals surface area contributed by atoms with Crippen molar-refractivity contribution >= 4 is 23.9 Å². The molecule has 9 heteroatoms. The molecule has 1 fully saturated rings. The van der Waals surface area contributed by atoms with Gasteiger partial charge >= 0.3 is 11.8 Å². The molecule has 1 heterocycles. The van der Waals surface area contributed by atoms with Gasteiger partial charge in [0.25, 0.3) is 5.91 Å². The Morgan fingerprint density at radius 1 is 1.03 bits per heavy atom. The molecule has 1 atom stereocenters. The van der Waals surface area contributed by atoms with Crippen molar-refractivity contribution in [1.82, 2.24) is 16.1 Å². The lowest BCUT2D eigenvalue weighted by atomic mass is 10.2. The monoisotopic (exact) mass is 438 g/mol. The van der Waals surface area contributed by atoms with Crippen LogP contribution in [0, 0.1) is 0 Å². The van der Waals surface area contributed by atoms with Crippen LogP contribution in [0.5, 0.6) is 5.75 Å². The Morgan fingerprint density at radius 3 is 2.59 bits per heavy atom. The molecule has 0 aromatic heterocycles. The Labute approximate surface area is 186 Å². The first-order valence-corrected chi connectivity index (χ1v) is 10.4. The molecule has 0 unspecified atom stereocenters. The number of carbonyl (C=O) groups excluding carboxylic acids is 3. The lowest BCUT2D eigenvalue weighted by Gasteiger charge is -2.10. The highest BCUT2D eigenvalue weighted by Gasteiger charge is 2.19. The maximum atomic E-state index is 12.1. The Morgan fingerprint density at radius 2 is 1.81 bits per heavy atom. The number of rotatable bonds is 9. The van der Waals surface area contributed by atoms with Gasteiger partial charge in [-0.05, 0) is 30.5 Å². The zero-order valence-electron chi connectivity index (χ0n) is 17.6. The van der Waals surface area contributed by atoms with Crippen molar-refractivity contribution in [3.63, 3.8) is 0 Å². The number of nitrogens with zero attached hydrogens (tertiary/aromatic N) is 1. The molecule has 2 aromatic carbocycles. The fraction of sp³-hybridized carbons (Fsp3) is 0.304. The fourth-order valence-electron chi connectivity index (χ4n) is 3.01. The largest absolute Gasteiger partial charge is 0.483 e. The summed E-state index contributed by atoms with van der Waals surface area (Å²) in [6, 6.07) is 16.5. The molecule has 0 saturated carbocycles. The van der Waals surface area contributed by atoms with Crippen LogP contribution >= 0.6 is 0 Å². The summed E-state index contributed by atoms with van der Waals surface area (Å²) >= 11 is 0. The first-order chi connectivity index (χ1) is 15.6. The Balaban J connectivity index is 1.43. The van der Waals surface area contributed by atoms with Gasteiger partial charge in [0.05, 0.1) is 12.3 Å². The average Bonchev–Trinajstić information content (AvgIpc) is 3.35. The lowest BCUT2D eigenvalue weighted by Crippen LogP contribution is -2.41. The molecule has 0 spiro atoms. The smallest absolute Gasteiger partial charge is 0.329 e. The van der Waals surface area contributed by atoms with Crippen LogP contribution in [0.4, 0.5) is 0 Å². The van der Waals surface area contributed by atoms with Crippen LogP contribution in [-0.4, -0.2) is 49.8 Å². The summed E-state index contributed by atoms with van der Waals surface area (Å²) in [5, 5.41) is 9.11. The van der Waals surface area contributed by atoms with Crippen molar-refractivity contribution < 1.29 is 23.9 Å². The minimum absolute atomic E-state index is 0.0517. The molecule has 0 aliphatic carbocycles. The molecular weight excluding hydrogens is 412 g/mol. The summed E-state index contributed by atoms with van der Waals surface area (Å²) in [5.74, 6) is -1.50. The second kappa shape index (κ2) is 12.2. The van der Waals surface area contributed by atoms with Crippen molar-refractivity contribution in [3.8, 4) is 5.75 Å².